The van der Waals surface area contributed by atoms with Crippen molar-refractivity contribution >= 4 is 47.3 Å². The third kappa shape index (κ3) is 61.9. The van der Waals surface area contributed by atoms with Crippen LogP contribution in [0.25, 0.3) is 0 Å². The second-order valence-corrected chi connectivity index (χ2v) is 26.9. The molecule has 0 saturated heterocycles. The molecule has 0 heterocycles. The first-order valence-electron chi connectivity index (χ1n) is 40.3. The summed E-state index contributed by atoms with van der Waals surface area (Å²) in [5.74, 6) is -3.20. The van der Waals surface area contributed by atoms with Gasteiger partial charge in [-0.05, 0) is 55.7 Å². The van der Waals surface area contributed by atoms with Gasteiger partial charge in [-0.1, -0.05) is 26.0 Å². The Bertz CT molecular complexity index is 2640. The van der Waals surface area contributed by atoms with Crippen LogP contribution in [0.3, 0.4) is 0 Å². The van der Waals surface area contributed by atoms with Crippen molar-refractivity contribution in [1.29, 1.82) is 0 Å². The van der Waals surface area contributed by atoms with Crippen molar-refractivity contribution < 1.29 is 165 Å². The van der Waals surface area contributed by atoms with Crippen LogP contribution in [0.2, 0.25) is 0 Å². The summed E-state index contributed by atoms with van der Waals surface area (Å²) in [4.78, 5) is 91.5. The van der Waals surface area contributed by atoms with Gasteiger partial charge in [0.1, 0.15) is 61.4 Å². The first-order chi connectivity index (χ1) is 57.4. The first kappa shape index (κ1) is 111. The molecule has 22 N–H and O–H groups in total. The molecule has 0 aliphatic heterocycles. The number of carbonyl (C=O) groups is 7. The van der Waals surface area contributed by atoms with E-state index in [-0.39, 0.29) is 124 Å². The number of hydrogen-bond donors (Lipinski definition) is 19. The minimum absolute atomic E-state index is 0.00701. The van der Waals surface area contributed by atoms with Crippen molar-refractivity contribution in [1.82, 2.24) is 31.5 Å². The molecular formula is C75H140N10O34. The number of hydrogen-bond acceptors (Lipinski definition) is 36. The van der Waals surface area contributed by atoms with Gasteiger partial charge in [0.25, 0.3) is 0 Å². The molecule has 11 atom stereocenters. The predicted octanol–water partition coefficient (Wildman–Crippen LogP) is -6.76. The fourth-order valence-electron chi connectivity index (χ4n) is 10.2. The largest absolute Gasteiger partial charge is 0.445 e. The summed E-state index contributed by atoms with van der Waals surface area (Å²) < 4.78 is 92.9. The van der Waals surface area contributed by atoms with Crippen LogP contribution in [0.1, 0.15) is 64.4 Å². The van der Waals surface area contributed by atoms with Crippen LogP contribution in [0.5, 0.6) is 0 Å². The van der Waals surface area contributed by atoms with Crippen molar-refractivity contribution in [3.05, 3.63) is 29.8 Å². The topological polar surface area (TPSA) is 632 Å². The number of amides is 8. The minimum atomic E-state index is -1.90. The lowest BCUT2D eigenvalue weighted by molar-refractivity contribution is -0.134. The third-order valence-corrected chi connectivity index (χ3v) is 16.9. The number of nitrogens with one attached hydrogen (secondary N) is 6. The number of unbranched alkanes of at least 4 members (excludes halogenated alkanes) is 1. The van der Waals surface area contributed by atoms with E-state index in [0.29, 0.717) is 183 Å². The number of nitrogens with two attached hydrogens (primary N) is 3. The van der Waals surface area contributed by atoms with E-state index in [1.807, 2.05) is 0 Å². The second-order valence-electron chi connectivity index (χ2n) is 26.9. The molecule has 0 saturated carbocycles. The summed E-state index contributed by atoms with van der Waals surface area (Å²) in [6, 6.07) is 2.15. The first-order valence-corrected chi connectivity index (χ1v) is 40.3. The van der Waals surface area contributed by atoms with E-state index in [2.05, 4.69) is 31.9 Å². The highest BCUT2D eigenvalue weighted by atomic mass is 16.6. The van der Waals surface area contributed by atoms with Gasteiger partial charge in [-0.2, -0.15) is 0 Å². The van der Waals surface area contributed by atoms with Gasteiger partial charge in [-0.25, -0.2) is 9.59 Å². The normalized spacial score (nSPS) is 14.5. The predicted molar refractivity (Wildman–Crippen MR) is 424 cm³/mol. The van der Waals surface area contributed by atoms with Crippen molar-refractivity contribution in [2.75, 3.05) is 269 Å². The van der Waals surface area contributed by atoms with Gasteiger partial charge < -0.3 is 181 Å². The molecule has 694 valence electrons. The van der Waals surface area contributed by atoms with Crippen molar-refractivity contribution in [2.24, 2.45) is 23.1 Å². The molecule has 44 nitrogen and oxygen atoms in total. The number of nitrogens with zero attached hydrogens (tertiary/aromatic N) is 1. The maximum atomic E-state index is 14.1. The summed E-state index contributed by atoms with van der Waals surface area (Å²) in [6.07, 6.45) is -14.2. The Balaban J connectivity index is 2.26. The van der Waals surface area contributed by atoms with Crippen LogP contribution >= 0.6 is 0 Å². The van der Waals surface area contributed by atoms with Gasteiger partial charge >= 0.3 is 12.1 Å². The van der Waals surface area contributed by atoms with Gasteiger partial charge in [-0.3, -0.25) is 28.9 Å². The Morgan fingerprint density at radius 1 is 0.387 bits per heavy atom. The summed E-state index contributed by atoms with van der Waals surface area (Å²) in [5.41, 5.74) is 16.7. The lowest BCUT2D eigenvalue weighted by Gasteiger charge is -2.33. The van der Waals surface area contributed by atoms with E-state index in [4.69, 9.17) is 108 Å². The van der Waals surface area contributed by atoms with Gasteiger partial charge in [0.2, 0.25) is 29.5 Å². The zero-order chi connectivity index (χ0) is 87.7. The SMILES string of the molecule is CC(C)[C@H](NC(=O)[C@H](CCCCNC(=O)CCOCCOCCOCCOCCOCCOCCOCCOCCOCCOCCOCCOCCN(C[C@H](O)[C@@H](O)[C@H](O)[C@H](O)CO)C[C@H](O)[C@@H](O)[C@H](O)[C@H](O)CO)NC(=O)CCOCCOCCOCCOCCN)C(=O)N[C@@H](CCCNC(N)=O)C(=O)Nc1ccc(COC(N)=O)cc1. The number of anilines is 1. The maximum absolute atomic E-state index is 14.1. The molecule has 119 heavy (non-hydrogen) atoms. The van der Waals surface area contributed by atoms with E-state index in [1.54, 1.807) is 38.1 Å². The molecule has 1 rings (SSSR count). The van der Waals surface area contributed by atoms with Crippen LogP contribution in [0, 0.1) is 5.92 Å². The lowest BCUT2D eigenvalue weighted by atomic mass is 10.0. The van der Waals surface area contributed by atoms with E-state index in [9.17, 15) is 74.4 Å². The van der Waals surface area contributed by atoms with Gasteiger partial charge in [-0.15, -0.1) is 0 Å². The summed E-state index contributed by atoms with van der Waals surface area (Å²) in [7, 11) is 0. The maximum Gasteiger partial charge on any atom is 0.404 e. The average molecular weight is 1730 g/mol. The highest BCUT2D eigenvalue weighted by molar-refractivity contribution is 5.99. The van der Waals surface area contributed by atoms with Crippen LogP contribution in [0.15, 0.2) is 24.3 Å². The number of rotatable bonds is 84. The number of urea groups is 1. The summed E-state index contributed by atoms with van der Waals surface area (Å²) >= 11 is 0. The Kier molecular flexibility index (Phi) is 70.6. The van der Waals surface area contributed by atoms with E-state index in [1.165, 1.54) is 4.90 Å². The molecule has 0 spiro atoms. The zero-order valence-electron chi connectivity index (χ0n) is 69.1. The van der Waals surface area contributed by atoms with Crippen molar-refractivity contribution in [3.8, 4) is 0 Å². The van der Waals surface area contributed by atoms with Crippen LogP contribution in [-0.4, -0.2) is 428 Å². The Hall–Kier alpha value is -6.01. The quantitative estimate of drug-likeness (QED) is 0.0270. The standard InChI is InChI=1S/C75H140N10O34/c1-55(2)66(73(100)83-59(7-5-16-80-74(77)101)71(98)81-57-10-8-56(9-11-57)54-119-75(78)102)84-72(99)58(82-65(93)13-19-104-23-27-108-30-32-109-28-24-105-20-14-76)6-3-4-15-79-64(92)12-18-103-22-26-107-31-34-111-36-38-113-40-42-115-44-46-117-48-49-118-47-45-116-43-41-114-39-37-112-35-33-110-29-25-106-21-17-85(50-60(88)67(94)69(96)62(90)52-86)51-61(89)68(95)70(97)63(91)53-87/h8-11,55,58-63,66-70,86-91,94-97H,3-7,12-54,76H2,1-2H3,(H2,78,102)(H,79,92)(H,81,98)(H,82,93)(H,83,100)(H,84,99)(H3,77,80,101)/t58-,59-,60-,61-,62+,63+,66-,67+,68+,69+,70+/m0/s1. The molecule has 1 aromatic carbocycles. The van der Waals surface area contributed by atoms with Crippen molar-refractivity contribution in [3.63, 3.8) is 0 Å². The molecule has 0 aliphatic rings. The molecular weight excluding hydrogens is 1580 g/mol. The average Bonchev–Trinajstić information content (AvgIpc) is 0.854. The molecule has 44 heteroatoms. The van der Waals surface area contributed by atoms with Crippen LogP contribution in [-0.2, 0) is 111 Å². The summed E-state index contributed by atoms with van der Waals surface area (Å²) in [6.45, 7) is 11.5. The smallest absolute Gasteiger partial charge is 0.404 e. The Morgan fingerprint density at radius 3 is 1.10 bits per heavy atom. The number of ether oxygens (including phenoxy) is 17. The second kappa shape index (κ2) is 75.7. The lowest BCUT2D eigenvalue weighted by Crippen LogP contribution is -2.57. The van der Waals surface area contributed by atoms with Crippen LogP contribution in [0.4, 0.5) is 15.3 Å². The van der Waals surface area contributed by atoms with E-state index < -0.39 is 135 Å². The number of aliphatic hydroxyl groups is 10. The Morgan fingerprint density at radius 2 is 0.731 bits per heavy atom. The number of primary amides is 2. The van der Waals surface area contributed by atoms with Crippen LogP contribution < -0.4 is 49.1 Å². The zero-order valence-corrected chi connectivity index (χ0v) is 69.1. The van der Waals surface area contributed by atoms with E-state index in [0.717, 1.165) is 0 Å². The number of carbonyl (C=O) groups excluding carboxylic acids is 7. The molecule has 0 aliphatic carbocycles. The van der Waals surface area contributed by atoms with E-state index >= 15 is 0 Å². The Labute approximate surface area is 696 Å². The van der Waals surface area contributed by atoms with Gasteiger partial charge in [0, 0.05) is 57.8 Å². The fourth-order valence-corrected chi connectivity index (χ4v) is 10.2. The number of benzene rings is 1. The molecule has 0 unspecified atom stereocenters. The van der Waals surface area contributed by atoms with Gasteiger partial charge in [0.05, 0.1) is 237 Å². The monoisotopic (exact) mass is 1720 g/mol. The number of aliphatic hydroxyl groups excluding tert-OH is 10. The van der Waals surface area contributed by atoms with Crippen molar-refractivity contribution in [2.45, 2.75) is 132 Å². The molecule has 1 aromatic rings. The third-order valence-electron chi connectivity index (χ3n) is 16.9. The molecule has 0 bridgehead atoms. The minimum Gasteiger partial charge on any atom is -0.445 e. The fraction of sp³-hybridized carbons (Fsp3) is 0.827. The molecule has 0 aromatic heterocycles. The molecule has 0 fully saturated rings. The molecule has 8 amide bonds. The summed E-state index contributed by atoms with van der Waals surface area (Å²) in [5, 5.41) is 115. The molecule has 0 radical (unpaired) electrons. The highest BCUT2D eigenvalue weighted by Crippen LogP contribution is 2.15. The highest BCUT2D eigenvalue weighted by Gasteiger charge is 2.36. The van der Waals surface area contributed by atoms with Gasteiger partial charge in [0.15, 0.2) is 0 Å².